The average molecular weight is 284 g/mol. The number of carbonyl (C=O) groups is 1. The van der Waals surface area contributed by atoms with Gasteiger partial charge in [-0.15, -0.1) is 0 Å². The molecule has 5 nitrogen and oxygen atoms in total. The molecule has 0 atom stereocenters. The van der Waals surface area contributed by atoms with Crippen LogP contribution in [0.25, 0.3) is 0 Å². The van der Waals surface area contributed by atoms with E-state index in [4.69, 9.17) is 0 Å². The Hall–Kier alpha value is -1.40. The van der Waals surface area contributed by atoms with Crippen LogP contribution in [0.1, 0.15) is 20.3 Å². The van der Waals surface area contributed by atoms with E-state index in [1.807, 2.05) is 13.8 Å². The second kappa shape index (κ2) is 6.16. The Balaban J connectivity index is 2.93. The zero-order chi connectivity index (χ0) is 14.6. The van der Waals surface area contributed by atoms with Gasteiger partial charge in [-0.3, -0.25) is 4.79 Å². The highest BCUT2D eigenvalue weighted by molar-refractivity contribution is 7.89. The molecule has 0 saturated carbocycles. The molecular weight excluding hydrogens is 264 g/mol. The zero-order valence-electron chi connectivity index (χ0n) is 11.7. The fourth-order valence-electron chi connectivity index (χ4n) is 1.53. The molecule has 0 spiro atoms. The smallest absolute Gasteiger partial charge is 0.242 e. The summed E-state index contributed by atoms with van der Waals surface area (Å²) in [5.41, 5.74) is 0.494. The quantitative estimate of drug-likeness (QED) is 0.898. The summed E-state index contributed by atoms with van der Waals surface area (Å²) >= 11 is 0. The molecule has 6 heteroatoms. The lowest BCUT2D eigenvalue weighted by molar-refractivity contribution is -0.116. The predicted octanol–water partition coefficient (Wildman–Crippen LogP) is 1.92. The molecule has 1 aromatic rings. The Bertz CT molecular complexity index is 551. The summed E-state index contributed by atoms with van der Waals surface area (Å²) in [5, 5.41) is 2.70. The fraction of sp³-hybridized carbons (Fsp3) is 0.462. The number of sulfonamides is 1. The van der Waals surface area contributed by atoms with Crippen molar-refractivity contribution in [3.05, 3.63) is 24.3 Å². The highest BCUT2D eigenvalue weighted by Crippen LogP contribution is 2.18. The molecule has 0 aliphatic heterocycles. The predicted molar refractivity (Wildman–Crippen MR) is 75.4 cm³/mol. The van der Waals surface area contributed by atoms with Gasteiger partial charge in [0.25, 0.3) is 0 Å². The molecule has 0 heterocycles. The topological polar surface area (TPSA) is 66.5 Å². The van der Waals surface area contributed by atoms with Crippen LogP contribution in [0.5, 0.6) is 0 Å². The van der Waals surface area contributed by atoms with Crippen molar-refractivity contribution in [2.24, 2.45) is 5.92 Å². The van der Waals surface area contributed by atoms with E-state index in [-0.39, 0.29) is 16.7 Å². The van der Waals surface area contributed by atoms with Gasteiger partial charge in [0.1, 0.15) is 0 Å². The number of nitrogens with one attached hydrogen (secondary N) is 1. The van der Waals surface area contributed by atoms with E-state index in [1.165, 1.54) is 26.2 Å². The highest BCUT2D eigenvalue weighted by atomic mass is 32.2. The third-order valence-electron chi connectivity index (χ3n) is 2.49. The van der Waals surface area contributed by atoms with E-state index in [9.17, 15) is 13.2 Å². The van der Waals surface area contributed by atoms with Crippen LogP contribution in [0.2, 0.25) is 0 Å². The van der Waals surface area contributed by atoms with E-state index < -0.39 is 10.0 Å². The second-order valence-corrected chi connectivity index (χ2v) is 7.11. The Morgan fingerprint density at radius 1 is 1.32 bits per heavy atom. The first-order chi connectivity index (χ1) is 8.73. The standard InChI is InChI=1S/C13H20N2O3S/c1-10(2)8-13(16)14-11-6-5-7-12(9-11)19(17,18)15(3)4/h5-7,9-10H,8H2,1-4H3,(H,14,16). The lowest BCUT2D eigenvalue weighted by Gasteiger charge is -2.13. The normalized spacial score (nSPS) is 11.9. The molecule has 0 aliphatic carbocycles. The van der Waals surface area contributed by atoms with Crippen LogP contribution in [0.15, 0.2) is 29.2 Å². The largest absolute Gasteiger partial charge is 0.326 e. The Kier molecular flexibility index (Phi) is 5.08. The molecule has 1 N–H and O–H groups in total. The maximum atomic E-state index is 12.0. The number of nitrogens with zero attached hydrogens (tertiary/aromatic N) is 1. The van der Waals surface area contributed by atoms with Gasteiger partial charge in [0.2, 0.25) is 15.9 Å². The fourth-order valence-corrected chi connectivity index (χ4v) is 2.48. The average Bonchev–Trinajstić information content (AvgIpc) is 2.27. The highest BCUT2D eigenvalue weighted by Gasteiger charge is 2.17. The molecule has 0 saturated heterocycles. The SMILES string of the molecule is CC(C)CC(=O)Nc1cccc(S(=O)(=O)N(C)C)c1. The number of rotatable bonds is 5. The molecular formula is C13H20N2O3S. The maximum Gasteiger partial charge on any atom is 0.242 e. The molecule has 0 unspecified atom stereocenters. The van der Waals surface area contributed by atoms with Gasteiger partial charge in [-0.25, -0.2) is 12.7 Å². The van der Waals surface area contributed by atoms with Crippen molar-refractivity contribution in [1.82, 2.24) is 4.31 Å². The Morgan fingerprint density at radius 2 is 1.95 bits per heavy atom. The second-order valence-electron chi connectivity index (χ2n) is 4.96. The molecule has 1 amide bonds. The number of anilines is 1. The summed E-state index contributed by atoms with van der Waals surface area (Å²) in [6, 6.07) is 6.26. The summed E-state index contributed by atoms with van der Waals surface area (Å²) in [4.78, 5) is 11.8. The molecule has 0 radical (unpaired) electrons. The number of carbonyl (C=O) groups excluding carboxylic acids is 1. The van der Waals surface area contributed by atoms with Crippen LogP contribution in [0, 0.1) is 5.92 Å². The van der Waals surface area contributed by atoms with Crippen molar-refractivity contribution >= 4 is 21.6 Å². The molecule has 0 fully saturated rings. The number of hydrogen-bond acceptors (Lipinski definition) is 3. The number of hydrogen-bond donors (Lipinski definition) is 1. The van der Waals surface area contributed by atoms with Gasteiger partial charge in [0.05, 0.1) is 4.90 Å². The lowest BCUT2D eigenvalue weighted by atomic mass is 10.1. The van der Waals surface area contributed by atoms with Crippen molar-refractivity contribution in [2.45, 2.75) is 25.2 Å². The third kappa shape index (κ3) is 4.33. The van der Waals surface area contributed by atoms with Crippen molar-refractivity contribution in [3.63, 3.8) is 0 Å². The molecule has 0 bridgehead atoms. The van der Waals surface area contributed by atoms with Crippen LogP contribution in [0.3, 0.4) is 0 Å². The summed E-state index contributed by atoms with van der Waals surface area (Å²) in [6.07, 6.45) is 0.407. The van der Waals surface area contributed by atoms with Gasteiger partial charge in [-0.2, -0.15) is 0 Å². The Morgan fingerprint density at radius 3 is 2.47 bits per heavy atom. The number of amides is 1. The molecule has 1 aromatic carbocycles. The van der Waals surface area contributed by atoms with Crippen LogP contribution in [-0.2, 0) is 14.8 Å². The molecule has 0 aliphatic rings. The zero-order valence-corrected chi connectivity index (χ0v) is 12.5. The lowest BCUT2D eigenvalue weighted by Crippen LogP contribution is -2.22. The first-order valence-corrected chi connectivity index (χ1v) is 7.50. The van der Waals surface area contributed by atoms with Crippen molar-refractivity contribution in [2.75, 3.05) is 19.4 Å². The Labute approximate surface area is 114 Å². The van der Waals surface area contributed by atoms with Crippen LogP contribution >= 0.6 is 0 Å². The number of benzene rings is 1. The van der Waals surface area contributed by atoms with Crippen molar-refractivity contribution < 1.29 is 13.2 Å². The van der Waals surface area contributed by atoms with Crippen molar-refractivity contribution in [1.29, 1.82) is 0 Å². The van der Waals surface area contributed by atoms with E-state index in [0.29, 0.717) is 12.1 Å². The van der Waals surface area contributed by atoms with Crippen molar-refractivity contribution in [3.8, 4) is 0 Å². The summed E-state index contributed by atoms with van der Waals surface area (Å²) < 4.78 is 25.1. The van der Waals surface area contributed by atoms with Gasteiger partial charge in [-0.05, 0) is 24.1 Å². The minimum absolute atomic E-state index is 0.116. The molecule has 1 rings (SSSR count). The van der Waals surface area contributed by atoms with Crippen LogP contribution < -0.4 is 5.32 Å². The van der Waals surface area contributed by atoms with Gasteiger partial charge in [-0.1, -0.05) is 19.9 Å². The van der Waals surface area contributed by atoms with Gasteiger partial charge in [0, 0.05) is 26.2 Å². The van der Waals surface area contributed by atoms with Crippen LogP contribution in [-0.4, -0.2) is 32.7 Å². The van der Waals surface area contributed by atoms with E-state index >= 15 is 0 Å². The third-order valence-corrected chi connectivity index (χ3v) is 4.30. The minimum Gasteiger partial charge on any atom is -0.326 e. The monoisotopic (exact) mass is 284 g/mol. The maximum absolute atomic E-state index is 12.0. The van der Waals surface area contributed by atoms with E-state index in [2.05, 4.69) is 5.32 Å². The van der Waals surface area contributed by atoms with E-state index in [0.717, 1.165) is 4.31 Å². The first-order valence-electron chi connectivity index (χ1n) is 6.06. The summed E-state index contributed by atoms with van der Waals surface area (Å²) in [7, 11) is -0.533. The van der Waals surface area contributed by atoms with Crippen LogP contribution in [0.4, 0.5) is 5.69 Å². The summed E-state index contributed by atoms with van der Waals surface area (Å²) in [5.74, 6) is 0.142. The first kappa shape index (κ1) is 15.7. The molecule has 106 valence electrons. The minimum atomic E-state index is -3.48. The molecule has 19 heavy (non-hydrogen) atoms. The van der Waals surface area contributed by atoms with Gasteiger partial charge >= 0.3 is 0 Å². The van der Waals surface area contributed by atoms with Gasteiger partial charge in [0.15, 0.2) is 0 Å². The van der Waals surface area contributed by atoms with E-state index in [1.54, 1.807) is 12.1 Å². The molecule has 0 aromatic heterocycles. The van der Waals surface area contributed by atoms with Gasteiger partial charge < -0.3 is 5.32 Å². The summed E-state index contributed by atoms with van der Waals surface area (Å²) in [6.45, 7) is 3.90.